The van der Waals surface area contributed by atoms with E-state index in [2.05, 4.69) is 5.32 Å². The van der Waals surface area contributed by atoms with Crippen molar-refractivity contribution in [2.24, 2.45) is 5.14 Å². The van der Waals surface area contributed by atoms with Crippen LogP contribution in [0.2, 0.25) is 0 Å². The van der Waals surface area contributed by atoms with Gasteiger partial charge in [-0.15, -0.1) is 0 Å². The van der Waals surface area contributed by atoms with Crippen molar-refractivity contribution in [1.82, 2.24) is 5.32 Å². The van der Waals surface area contributed by atoms with Crippen LogP contribution in [0.25, 0.3) is 0 Å². The Hall–Kier alpha value is -2.71. The fourth-order valence-corrected chi connectivity index (χ4v) is 3.77. The first kappa shape index (κ1) is 20.6. The number of benzene rings is 2. The Balaban J connectivity index is 2.43. The molecule has 2 rings (SSSR count). The van der Waals surface area contributed by atoms with Gasteiger partial charge in [0.25, 0.3) is 5.91 Å². The average molecular weight is 390 g/mol. The molecule has 1 amide bonds. The van der Waals surface area contributed by atoms with Crippen LogP contribution in [-0.4, -0.2) is 25.4 Å². The number of hydrogen-bond acceptors (Lipinski definition) is 4. The van der Waals surface area contributed by atoms with Gasteiger partial charge in [-0.1, -0.05) is 24.3 Å². The summed E-state index contributed by atoms with van der Waals surface area (Å²) in [6.45, 7) is 5.11. The van der Waals surface area contributed by atoms with Gasteiger partial charge < -0.3 is 10.4 Å². The molecule has 0 aliphatic rings. The smallest absolute Gasteiger partial charge is 0.305 e. The first-order chi connectivity index (χ1) is 12.5. The van der Waals surface area contributed by atoms with E-state index in [1.807, 2.05) is 19.1 Å². The lowest BCUT2D eigenvalue weighted by Crippen LogP contribution is -2.31. The van der Waals surface area contributed by atoms with E-state index in [9.17, 15) is 23.1 Å². The van der Waals surface area contributed by atoms with E-state index in [1.54, 1.807) is 32.0 Å². The molecule has 2 aromatic carbocycles. The van der Waals surface area contributed by atoms with Crippen molar-refractivity contribution in [2.45, 2.75) is 38.1 Å². The minimum absolute atomic E-state index is 0.103. The number of carbonyl (C=O) groups excluding carboxylic acids is 1. The van der Waals surface area contributed by atoms with Crippen LogP contribution in [0.3, 0.4) is 0 Å². The summed E-state index contributed by atoms with van der Waals surface area (Å²) in [6.07, 6.45) is -0.302. The number of amides is 1. The van der Waals surface area contributed by atoms with Crippen molar-refractivity contribution in [3.05, 3.63) is 64.2 Å². The molecule has 0 aromatic heterocycles. The van der Waals surface area contributed by atoms with Gasteiger partial charge in [0.1, 0.15) is 0 Å². The standard InChI is InChI=1S/C19H22N2O5S/c1-11-6-4-5-7-15(11)16(10-18(22)23)21-19(24)14-8-12(2)13(3)17(9-14)27(20,25)26/h4-9,16H,10H2,1-3H3,(H,21,24)(H,22,23)(H2,20,25,26). The Morgan fingerprint density at radius 2 is 1.74 bits per heavy atom. The van der Waals surface area contributed by atoms with Gasteiger partial charge >= 0.3 is 5.97 Å². The summed E-state index contributed by atoms with van der Waals surface area (Å²) in [6, 6.07) is 9.16. The average Bonchev–Trinajstić information content (AvgIpc) is 2.55. The van der Waals surface area contributed by atoms with Crippen LogP contribution in [0, 0.1) is 20.8 Å². The molecule has 0 spiro atoms. The van der Waals surface area contributed by atoms with Gasteiger partial charge in [-0.25, -0.2) is 13.6 Å². The maximum atomic E-state index is 12.7. The molecule has 0 bridgehead atoms. The topological polar surface area (TPSA) is 127 Å². The zero-order valence-corrected chi connectivity index (χ0v) is 16.1. The summed E-state index contributed by atoms with van der Waals surface area (Å²) in [5.41, 5.74) is 2.69. The van der Waals surface area contributed by atoms with Gasteiger partial charge in [-0.2, -0.15) is 0 Å². The molecule has 2 aromatic rings. The molecular weight excluding hydrogens is 368 g/mol. The number of carboxylic acids is 1. The van der Waals surface area contributed by atoms with E-state index in [1.165, 1.54) is 6.07 Å². The Labute approximate surface area is 158 Å². The van der Waals surface area contributed by atoms with E-state index in [0.717, 1.165) is 5.56 Å². The summed E-state index contributed by atoms with van der Waals surface area (Å²) in [5.74, 6) is -1.63. The summed E-state index contributed by atoms with van der Waals surface area (Å²) in [5, 5.41) is 17.1. The normalized spacial score (nSPS) is 12.4. The SMILES string of the molecule is Cc1ccccc1C(CC(=O)O)NC(=O)c1cc(C)c(C)c(S(N)(=O)=O)c1. The third-order valence-electron chi connectivity index (χ3n) is 4.44. The highest BCUT2D eigenvalue weighted by atomic mass is 32.2. The minimum atomic E-state index is -3.99. The second-order valence-corrected chi connectivity index (χ2v) is 7.97. The van der Waals surface area contributed by atoms with E-state index in [-0.39, 0.29) is 16.9 Å². The predicted molar refractivity (Wildman–Crippen MR) is 101 cm³/mol. The molecule has 7 nitrogen and oxygen atoms in total. The fourth-order valence-electron chi connectivity index (χ4n) is 2.89. The van der Waals surface area contributed by atoms with Crippen molar-refractivity contribution < 1.29 is 23.1 Å². The van der Waals surface area contributed by atoms with Gasteiger partial charge in [0.2, 0.25) is 10.0 Å². The summed E-state index contributed by atoms with van der Waals surface area (Å²) in [7, 11) is -3.99. The zero-order chi connectivity index (χ0) is 20.4. The summed E-state index contributed by atoms with van der Waals surface area (Å²) < 4.78 is 23.6. The van der Waals surface area contributed by atoms with E-state index < -0.39 is 27.9 Å². The molecule has 0 radical (unpaired) electrons. The van der Waals surface area contributed by atoms with Crippen LogP contribution in [0.5, 0.6) is 0 Å². The van der Waals surface area contributed by atoms with Crippen LogP contribution in [0.4, 0.5) is 0 Å². The van der Waals surface area contributed by atoms with Gasteiger partial charge in [0.05, 0.1) is 17.4 Å². The maximum absolute atomic E-state index is 12.7. The molecular formula is C19H22N2O5S. The number of carbonyl (C=O) groups is 2. The second kappa shape index (κ2) is 7.89. The number of rotatable bonds is 6. The minimum Gasteiger partial charge on any atom is -0.481 e. The Morgan fingerprint density at radius 3 is 2.30 bits per heavy atom. The third kappa shape index (κ3) is 4.93. The van der Waals surface area contributed by atoms with Gasteiger partial charge in [-0.05, 0) is 55.2 Å². The van der Waals surface area contributed by atoms with Crippen LogP contribution in [-0.2, 0) is 14.8 Å². The molecule has 27 heavy (non-hydrogen) atoms. The summed E-state index contributed by atoms with van der Waals surface area (Å²) >= 11 is 0. The van der Waals surface area contributed by atoms with Gasteiger partial charge in [0.15, 0.2) is 0 Å². The number of aliphatic carboxylic acids is 1. The lowest BCUT2D eigenvalue weighted by Gasteiger charge is -2.20. The first-order valence-electron chi connectivity index (χ1n) is 8.23. The van der Waals surface area contributed by atoms with E-state index in [0.29, 0.717) is 16.7 Å². The molecule has 1 unspecified atom stereocenters. The quantitative estimate of drug-likeness (QED) is 0.697. The highest BCUT2D eigenvalue weighted by molar-refractivity contribution is 7.89. The lowest BCUT2D eigenvalue weighted by atomic mass is 9.98. The number of sulfonamides is 1. The van der Waals surface area contributed by atoms with Crippen LogP contribution in [0.15, 0.2) is 41.3 Å². The van der Waals surface area contributed by atoms with Crippen molar-refractivity contribution in [3.63, 3.8) is 0 Å². The molecule has 0 fully saturated rings. The fraction of sp³-hybridized carbons (Fsp3) is 0.263. The summed E-state index contributed by atoms with van der Waals surface area (Å²) in [4.78, 5) is 23.8. The number of aryl methyl sites for hydroxylation is 2. The number of nitrogens with two attached hydrogens (primary N) is 1. The number of primary sulfonamides is 1. The largest absolute Gasteiger partial charge is 0.481 e. The number of hydrogen-bond donors (Lipinski definition) is 3. The molecule has 0 heterocycles. The predicted octanol–water partition coefficient (Wildman–Crippen LogP) is 2.21. The van der Waals surface area contributed by atoms with Crippen LogP contribution >= 0.6 is 0 Å². The number of nitrogens with one attached hydrogen (secondary N) is 1. The van der Waals surface area contributed by atoms with Crippen molar-refractivity contribution in [3.8, 4) is 0 Å². The molecule has 0 aliphatic heterocycles. The molecule has 1 atom stereocenters. The third-order valence-corrected chi connectivity index (χ3v) is 5.47. The van der Waals surface area contributed by atoms with Crippen molar-refractivity contribution >= 4 is 21.9 Å². The number of carboxylic acid groups (broad SMARTS) is 1. The molecule has 8 heteroatoms. The monoisotopic (exact) mass is 390 g/mol. The molecule has 144 valence electrons. The Morgan fingerprint density at radius 1 is 1.11 bits per heavy atom. The zero-order valence-electron chi connectivity index (χ0n) is 15.3. The van der Waals surface area contributed by atoms with Crippen molar-refractivity contribution in [1.29, 1.82) is 0 Å². The van der Waals surface area contributed by atoms with E-state index in [4.69, 9.17) is 5.14 Å². The lowest BCUT2D eigenvalue weighted by molar-refractivity contribution is -0.137. The molecule has 4 N–H and O–H groups in total. The van der Waals surface area contributed by atoms with Crippen LogP contribution < -0.4 is 10.5 Å². The molecule has 0 saturated heterocycles. The Kier molecular flexibility index (Phi) is 6.02. The second-order valence-electron chi connectivity index (χ2n) is 6.44. The molecule has 0 aliphatic carbocycles. The van der Waals surface area contributed by atoms with Crippen molar-refractivity contribution in [2.75, 3.05) is 0 Å². The van der Waals surface area contributed by atoms with Gasteiger partial charge in [-0.3, -0.25) is 9.59 Å². The highest BCUT2D eigenvalue weighted by Crippen LogP contribution is 2.23. The highest BCUT2D eigenvalue weighted by Gasteiger charge is 2.22. The van der Waals surface area contributed by atoms with Crippen LogP contribution in [0.1, 0.15) is 45.1 Å². The molecule has 0 saturated carbocycles. The Bertz CT molecular complexity index is 999. The maximum Gasteiger partial charge on any atom is 0.305 e. The first-order valence-corrected chi connectivity index (χ1v) is 9.77. The van der Waals surface area contributed by atoms with E-state index >= 15 is 0 Å². The van der Waals surface area contributed by atoms with Gasteiger partial charge in [0, 0.05) is 5.56 Å².